The second kappa shape index (κ2) is 10.3. The number of benzene rings is 2. The number of carbonyl (C=O) groups is 2. The highest BCUT2D eigenvalue weighted by Crippen LogP contribution is 2.43. The first-order chi connectivity index (χ1) is 18.4. The Morgan fingerprint density at radius 3 is 2.47 bits per heavy atom. The number of carbonyl (C=O) groups excluding carboxylic acids is 1. The van der Waals surface area contributed by atoms with Gasteiger partial charge in [-0.1, -0.05) is 6.07 Å². The van der Waals surface area contributed by atoms with Crippen molar-refractivity contribution in [2.75, 3.05) is 17.3 Å². The fraction of sp³-hybridized carbons (Fsp3) is 0.143. The maximum Gasteiger partial charge on any atom is 0.335 e. The van der Waals surface area contributed by atoms with Crippen molar-refractivity contribution in [1.29, 1.82) is 0 Å². The van der Waals surface area contributed by atoms with Crippen LogP contribution in [-0.2, 0) is 4.79 Å². The van der Waals surface area contributed by atoms with Crippen LogP contribution in [0.3, 0.4) is 0 Å². The zero-order valence-electron chi connectivity index (χ0n) is 20.7. The lowest BCUT2D eigenvalue weighted by atomic mass is 10.0. The number of amides is 1. The second-order valence-electron chi connectivity index (χ2n) is 8.72. The minimum absolute atomic E-state index is 0.211. The van der Waals surface area contributed by atoms with Gasteiger partial charge in [0.15, 0.2) is 5.11 Å². The molecule has 2 unspecified atom stereocenters. The Kier molecular flexibility index (Phi) is 6.80. The third kappa shape index (κ3) is 4.69. The molecule has 0 aliphatic carbocycles. The highest BCUT2D eigenvalue weighted by molar-refractivity contribution is 7.80. The smallest absolute Gasteiger partial charge is 0.335 e. The van der Waals surface area contributed by atoms with E-state index in [0.717, 1.165) is 22.8 Å². The van der Waals surface area contributed by atoms with Crippen LogP contribution in [0.1, 0.15) is 40.8 Å². The van der Waals surface area contributed by atoms with E-state index in [2.05, 4.69) is 15.6 Å². The number of anilines is 2. The van der Waals surface area contributed by atoms with Crippen molar-refractivity contribution in [1.82, 2.24) is 14.9 Å². The van der Waals surface area contributed by atoms with E-state index in [1.165, 1.54) is 6.92 Å². The summed E-state index contributed by atoms with van der Waals surface area (Å²) in [6.45, 7) is 1.44. The molecule has 38 heavy (non-hydrogen) atoms. The van der Waals surface area contributed by atoms with Gasteiger partial charge in [0, 0.05) is 36.4 Å². The van der Waals surface area contributed by atoms with Gasteiger partial charge >= 0.3 is 5.97 Å². The number of rotatable bonds is 7. The van der Waals surface area contributed by atoms with Crippen molar-refractivity contribution in [3.8, 4) is 11.4 Å². The molecule has 0 radical (unpaired) electrons. The fourth-order valence-electron chi connectivity index (χ4n) is 4.70. The van der Waals surface area contributed by atoms with Gasteiger partial charge in [-0.2, -0.15) is 0 Å². The van der Waals surface area contributed by atoms with E-state index in [-0.39, 0.29) is 23.6 Å². The Hall–Kier alpha value is -4.70. The summed E-state index contributed by atoms with van der Waals surface area (Å²) >= 11 is 5.84. The molecule has 0 bridgehead atoms. The first-order valence-electron chi connectivity index (χ1n) is 11.8. The lowest BCUT2D eigenvalue weighted by molar-refractivity contribution is -0.114. The van der Waals surface area contributed by atoms with Crippen molar-refractivity contribution in [2.24, 2.45) is 0 Å². The summed E-state index contributed by atoms with van der Waals surface area (Å²) in [6, 6.07) is 21.3. The summed E-state index contributed by atoms with van der Waals surface area (Å²) < 4.78 is 7.45. The Balaban J connectivity index is 1.64. The third-order valence-electron chi connectivity index (χ3n) is 6.35. The molecule has 2 aromatic heterocycles. The number of ether oxygens (including phenoxy) is 1. The highest BCUT2D eigenvalue weighted by atomic mass is 32.1. The van der Waals surface area contributed by atoms with Crippen LogP contribution >= 0.6 is 12.2 Å². The number of pyridine rings is 1. The predicted octanol–water partition coefficient (Wildman–Crippen LogP) is 4.71. The van der Waals surface area contributed by atoms with Crippen LogP contribution in [0.5, 0.6) is 5.75 Å². The molecule has 3 heterocycles. The average molecular weight is 528 g/mol. The number of nitrogens with one attached hydrogen (secondary N) is 2. The maximum atomic E-state index is 11.9. The van der Waals surface area contributed by atoms with Gasteiger partial charge in [-0.15, -0.1) is 0 Å². The summed E-state index contributed by atoms with van der Waals surface area (Å²) in [7, 11) is 1.55. The Labute approximate surface area is 224 Å². The Morgan fingerprint density at radius 1 is 1.05 bits per heavy atom. The van der Waals surface area contributed by atoms with E-state index >= 15 is 0 Å². The van der Waals surface area contributed by atoms with E-state index in [9.17, 15) is 14.7 Å². The number of nitrogens with zero attached hydrogens (tertiary/aromatic N) is 3. The Morgan fingerprint density at radius 2 is 1.82 bits per heavy atom. The van der Waals surface area contributed by atoms with Crippen LogP contribution in [0.15, 0.2) is 85.2 Å². The highest BCUT2D eigenvalue weighted by Gasteiger charge is 2.42. The zero-order valence-corrected chi connectivity index (χ0v) is 21.5. The molecule has 1 aliphatic heterocycles. The molecular weight excluding hydrogens is 502 g/mol. The Bertz CT molecular complexity index is 1500. The molecule has 1 aliphatic rings. The van der Waals surface area contributed by atoms with E-state index in [4.69, 9.17) is 17.0 Å². The first kappa shape index (κ1) is 25.0. The number of hydrogen-bond acceptors (Lipinski definition) is 5. The molecule has 2 aromatic carbocycles. The number of aromatic carboxylic acids is 1. The predicted molar refractivity (Wildman–Crippen MR) is 148 cm³/mol. The van der Waals surface area contributed by atoms with Crippen LogP contribution < -0.4 is 20.3 Å². The van der Waals surface area contributed by atoms with Crippen LogP contribution in [0.25, 0.3) is 5.69 Å². The monoisotopic (exact) mass is 527 g/mol. The van der Waals surface area contributed by atoms with Gasteiger partial charge in [-0.3, -0.25) is 9.78 Å². The van der Waals surface area contributed by atoms with Crippen molar-refractivity contribution >= 4 is 40.6 Å². The van der Waals surface area contributed by atoms with E-state index < -0.39 is 5.97 Å². The molecule has 9 nitrogen and oxygen atoms in total. The van der Waals surface area contributed by atoms with Gasteiger partial charge in [0.25, 0.3) is 0 Å². The van der Waals surface area contributed by atoms with Gasteiger partial charge in [0.05, 0.1) is 30.1 Å². The molecule has 2 atom stereocenters. The standard InChI is InChI=1S/C28H25N5O4S/c1-17(34)30-22-16-20(12-13-24(22)37-2)33-26(25(31-28(33)38)21-6-3-4-14-29-21)23-7-5-15-32(23)19-10-8-18(9-11-19)27(35)36/h3-16,25-26H,1-2H3,(H,30,34)(H,31,38)(H,35,36). The quantitative estimate of drug-likeness (QED) is 0.297. The number of carboxylic acid groups (broad SMARTS) is 1. The minimum atomic E-state index is -0.981. The lowest BCUT2D eigenvalue weighted by Gasteiger charge is -2.29. The lowest BCUT2D eigenvalue weighted by Crippen LogP contribution is -2.30. The molecule has 192 valence electrons. The summed E-state index contributed by atoms with van der Waals surface area (Å²) in [5, 5.41) is 16.1. The van der Waals surface area contributed by atoms with Crippen molar-refractivity contribution in [3.05, 3.63) is 102 Å². The minimum Gasteiger partial charge on any atom is -0.495 e. The maximum absolute atomic E-state index is 11.9. The number of carboxylic acids is 1. The van der Waals surface area contributed by atoms with E-state index in [1.54, 1.807) is 43.6 Å². The third-order valence-corrected chi connectivity index (χ3v) is 6.66. The first-order valence-corrected chi connectivity index (χ1v) is 12.3. The molecule has 1 amide bonds. The van der Waals surface area contributed by atoms with Gasteiger partial charge in [0.1, 0.15) is 11.8 Å². The summed E-state index contributed by atoms with van der Waals surface area (Å²) in [5.41, 5.74) is 4.02. The molecule has 1 saturated heterocycles. The molecule has 0 spiro atoms. The molecule has 3 N–H and O–H groups in total. The molecular formula is C28H25N5O4S. The zero-order chi connectivity index (χ0) is 26.8. The number of thiocarbonyl (C=S) groups is 1. The van der Waals surface area contributed by atoms with Crippen LogP contribution in [0, 0.1) is 0 Å². The largest absolute Gasteiger partial charge is 0.495 e. The van der Waals surface area contributed by atoms with Crippen LogP contribution in [-0.4, -0.2) is 38.8 Å². The van der Waals surface area contributed by atoms with Gasteiger partial charge in [0.2, 0.25) is 5.91 Å². The van der Waals surface area contributed by atoms with Crippen LogP contribution in [0.4, 0.5) is 11.4 Å². The summed E-state index contributed by atoms with van der Waals surface area (Å²) in [5.74, 6) is -0.670. The number of aromatic nitrogens is 2. The van der Waals surface area contributed by atoms with Gasteiger partial charge in [-0.25, -0.2) is 4.79 Å². The van der Waals surface area contributed by atoms with Crippen molar-refractivity contribution < 1.29 is 19.4 Å². The van der Waals surface area contributed by atoms with E-state index in [0.29, 0.717) is 16.5 Å². The molecule has 5 rings (SSSR count). The number of hydrogen-bond donors (Lipinski definition) is 3. The average Bonchev–Trinajstić information content (AvgIpc) is 3.53. The topological polar surface area (TPSA) is 109 Å². The molecule has 0 saturated carbocycles. The van der Waals surface area contributed by atoms with E-state index in [1.807, 2.05) is 58.1 Å². The number of methoxy groups -OCH3 is 1. The molecule has 1 fully saturated rings. The van der Waals surface area contributed by atoms with Crippen molar-refractivity contribution in [2.45, 2.75) is 19.0 Å². The van der Waals surface area contributed by atoms with Gasteiger partial charge < -0.3 is 29.9 Å². The second-order valence-corrected chi connectivity index (χ2v) is 9.10. The fourth-order valence-corrected chi connectivity index (χ4v) is 5.05. The molecule has 10 heteroatoms. The van der Waals surface area contributed by atoms with Gasteiger partial charge in [-0.05, 0) is 78.9 Å². The summed E-state index contributed by atoms with van der Waals surface area (Å²) in [4.78, 5) is 29.8. The SMILES string of the molecule is COc1ccc(N2C(=S)NC(c3ccccn3)C2c2cccn2-c2ccc(C(=O)O)cc2)cc1NC(C)=O. The summed E-state index contributed by atoms with van der Waals surface area (Å²) in [6.07, 6.45) is 3.67. The molecule has 4 aromatic rings. The van der Waals surface area contributed by atoms with Crippen molar-refractivity contribution in [3.63, 3.8) is 0 Å². The van der Waals surface area contributed by atoms with Crippen LogP contribution in [0.2, 0.25) is 0 Å². The normalized spacial score (nSPS) is 16.7.